The zero-order valence-corrected chi connectivity index (χ0v) is 21.6. The average Bonchev–Trinajstić information content (AvgIpc) is 3.44. The van der Waals surface area contributed by atoms with Gasteiger partial charge in [-0.2, -0.15) is 0 Å². The predicted molar refractivity (Wildman–Crippen MR) is 133 cm³/mol. The van der Waals surface area contributed by atoms with Gasteiger partial charge in [0.1, 0.15) is 0 Å². The summed E-state index contributed by atoms with van der Waals surface area (Å²) in [7, 11) is -3.56. The van der Waals surface area contributed by atoms with E-state index < -0.39 is 21.5 Å². The maximum atomic E-state index is 14.0. The number of carbonyl (C=O) groups is 2. The third-order valence-corrected chi connectivity index (χ3v) is 12.9. The van der Waals surface area contributed by atoms with Crippen LogP contribution in [0.1, 0.15) is 69.9 Å². The molecule has 2 saturated heterocycles. The summed E-state index contributed by atoms with van der Waals surface area (Å²) in [5, 5.41) is 0. The van der Waals surface area contributed by atoms with Gasteiger partial charge in [0.05, 0.1) is 18.2 Å². The van der Waals surface area contributed by atoms with Crippen LogP contribution in [0.2, 0.25) is 0 Å². The minimum Gasteiger partial charge on any atom is -0.319 e. The fraction of sp³-hybridized carbons (Fsp3) is 0.704. The molecule has 35 heavy (non-hydrogen) atoms. The molecule has 1 spiro atoms. The van der Waals surface area contributed by atoms with E-state index in [0.717, 1.165) is 38.5 Å². The Morgan fingerprint density at radius 3 is 2.43 bits per heavy atom. The monoisotopic (exact) mass is 499 g/mol. The highest BCUT2D eigenvalue weighted by atomic mass is 32.2. The SMILES string of the molecule is CC1(C)C2CC[C@@]1(CS(=O)(=O)N1CCC3(CCc4ccccc43)CC1)[C@@H](N1C(=O)C[C@@H](N)C1=O)C2. The molecule has 8 heteroatoms. The van der Waals surface area contributed by atoms with Gasteiger partial charge in [-0.15, -0.1) is 0 Å². The Morgan fingerprint density at radius 2 is 1.77 bits per heavy atom. The fourth-order valence-electron chi connectivity index (χ4n) is 8.63. The molecule has 3 aliphatic carbocycles. The van der Waals surface area contributed by atoms with Gasteiger partial charge in [0.15, 0.2) is 0 Å². The van der Waals surface area contributed by atoms with Crippen LogP contribution >= 0.6 is 0 Å². The van der Waals surface area contributed by atoms with Gasteiger partial charge in [-0.3, -0.25) is 14.5 Å². The summed E-state index contributed by atoms with van der Waals surface area (Å²) in [5.74, 6) is -0.267. The number of sulfonamides is 1. The minimum atomic E-state index is -3.56. The zero-order valence-electron chi connectivity index (χ0n) is 20.8. The van der Waals surface area contributed by atoms with Gasteiger partial charge >= 0.3 is 0 Å². The summed E-state index contributed by atoms with van der Waals surface area (Å²) in [6.07, 6.45) is 6.26. The van der Waals surface area contributed by atoms with Crippen molar-refractivity contribution in [1.82, 2.24) is 9.21 Å². The quantitative estimate of drug-likeness (QED) is 0.642. The molecule has 2 amide bonds. The molecule has 2 saturated carbocycles. The van der Waals surface area contributed by atoms with Crippen molar-refractivity contribution in [3.05, 3.63) is 35.4 Å². The van der Waals surface area contributed by atoms with Crippen molar-refractivity contribution in [2.75, 3.05) is 18.8 Å². The van der Waals surface area contributed by atoms with Crippen LogP contribution in [0.4, 0.5) is 0 Å². The first kappa shape index (κ1) is 23.6. The van der Waals surface area contributed by atoms with Gasteiger partial charge in [0.2, 0.25) is 21.8 Å². The smallest absolute Gasteiger partial charge is 0.246 e. The lowest BCUT2D eigenvalue weighted by Crippen LogP contribution is -2.56. The number of piperidine rings is 1. The van der Waals surface area contributed by atoms with E-state index in [1.54, 1.807) is 4.31 Å². The van der Waals surface area contributed by atoms with E-state index in [1.165, 1.54) is 16.0 Å². The number of likely N-dealkylation sites (tertiary alicyclic amines) is 1. The number of nitrogens with two attached hydrogens (primary N) is 1. The van der Waals surface area contributed by atoms with E-state index in [0.29, 0.717) is 25.4 Å². The lowest BCUT2D eigenvalue weighted by molar-refractivity contribution is -0.145. The Labute approximate surface area is 208 Å². The highest BCUT2D eigenvalue weighted by Crippen LogP contribution is 2.67. The minimum absolute atomic E-state index is 0.00402. The van der Waals surface area contributed by atoms with Gasteiger partial charge in [-0.1, -0.05) is 38.1 Å². The molecule has 1 aromatic carbocycles. The summed E-state index contributed by atoms with van der Waals surface area (Å²) in [5.41, 5.74) is 7.96. The number of amides is 2. The number of imide groups is 1. The molecule has 2 bridgehead atoms. The molecule has 4 fully saturated rings. The van der Waals surface area contributed by atoms with Crippen LogP contribution in [-0.4, -0.2) is 60.4 Å². The normalized spacial score (nSPS) is 35.9. The number of carbonyl (C=O) groups excluding carboxylic acids is 2. The summed E-state index contributed by atoms with van der Waals surface area (Å²) in [6, 6.07) is 7.44. The highest BCUT2D eigenvalue weighted by Gasteiger charge is 2.68. The first-order chi connectivity index (χ1) is 16.5. The second-order valence-electron chi connectivity index (χ2n) is 12.4. The van der Waals surface area contributed by atoms with Gasteiger partial charge in [0, 0.05) is 24.5 Å². The molecule has 4 atom stereocenters. The van der Waals surface area contributed by atoms with Crippen LogP contribution in [0.15, 0.2) is 24.3 Å². The number of rotatable bonds is 4. The second kappa shape index (κ2) is 7.62. The van der Waals surface area contributed by atoms with E-state index in [9.17, 15) is 18.0 Å². The number of nitrogens with zero attached hydrogens (tertiary/aromatic N) is 2. The average molecular weight is 500 g/mol. The molecule has 2 heterocycles. The first-order valence-corrected chi connectivity index (χ1v) is 14.8. The third-order valence-electron chi connectivity index (χ3n) is 10.9. The highest BCUT2D eigenvalue weighted by molar-refractivity contribution is 7.89. The molecular weight excluding hydrogens is 462 g/mol. The fourth-order valence-corrected chi connectivity index (χ4v) is 10.9. The van der Waals surface area contributed by atoms with Crippen molar-refractivity contribution in [1.29, 1.82) is 0 Å². The second-order valence-corrected chi connectivity index (χ2v) is 14.3. The third kappa shape index (κ3) is 3.18. The molecule has 0 radical (unpaired) electrons. The zero-order chi connectivity index (χ0) is 24.8. The maximum Gasteiger partial charge on any atom is 0.246 e. The summed E-state index contributed by atoms with van der Waals surface area (Å²) in [6.45, 7) is 5.36. The number of hydrogen-bond acceptors (Lipinski definition) is 5. The van der Waals surface area contributed by atoms with E-state index in [2.05, 4.69) is 38.1 Å². The molecule has 7 nitrogen and oxygen atoms in total. The van der Waals surface area contributed by atoms with E-state index >= 15 is 0 Å². The van der Waals surface area contributed by atoms with Crippen LogP contribution in [0, 0.1) is 16.7 Å². The van der Waals surface area contributed by atoms with E-state index in [4.69, 9.17) is 5.73 Å². The Hall–Kier alpha value is -1.77. The standard InChI is InChI=1S/C27H37N3O4S/c1-25(2)19-8-10-27(25,22(15-19)30-23(31)16-21(28)24(30)32)17-35(33,34)29-13-11-26(12-14-29)9-7-18-5-3-4-6-20(18)26/h3-6,19,21-22H,7-17,28H2,1-2H3/t19?,21-,22+,27-/m1/s1. The van der Waals surface area contributed by atoms with Crippen LogP contribution < -0.4 is 5.73 Å². The molecular formula is C27H37N3O4S. The molecule has 5 aliphatic rings. The molecule has 1 unspecified atom stereocenters. The van der Waals surface area contributed by atoms with Crippen LogP contribution in [0.3, 0.4) is 0 Å². The van der Waals surface area contributed by atoms with Crippen molar-refractivity contribution in [2.24, 2.45) is 22.5 Å². The van der Waals surface area contributed by atoms with E-state index in [1.807, 2.05) is 0 Å². The van der Waals surface area contributed by atoms with Gasteiger partial charge in [-0.25, -0.2) is 12.7 Å². The molecule has 0 aromatic heterocycles. The predicted octanol–water partition coefficient (Wildman–Crippen LogP) is 2.58. The number of benzene rings is 1. The van der Waals surface area contributed by atoms with Gasteiger partial charge < -0.3 is 5.73 Å². The molecule has 2 N–H and O–H groups in total. The Balaban J connectivity index is 1.26. The lowest BCUT2D eigenvalue weighted by atomic mass is 9.68. The first-order valence-electron chi connectivity index (χ1n) is 13.2. The topological polar surface area (TPSA) is 101 Å². The number of aryl methyl sites for hydroxylation is 1. The summed E-state index contributed by atoms with van der Waals surface area (Å²) >= 11 is 0. The molecule has 2 aliphatic heterocycles. The van der Waals surface area contributed by atoms with Crippen molar-refractivity contribution in [3.8, 4) is 0 Å². The van der Waals surface area contributed by atoms with Crippen LogP contribution in [-0.2, 0) is 31.4 Å². The summed E-state index contributed by atoms with van der Waals surface area (Å²) < 4.78 is 29.6. The van der Waals surface area contributed by atoms with Gasteiger partial charge in [-0.05, 0) is 72.8 Å². The van der Waals surface area contributed by atoms with Crippen molar-refractivity contribution in [3.63, 3.8) is 0 Å². The van der Waals surface area contributed by atoms with Crippen molar-refractivity contribution >= 4 is 21.8 Å². The maximum absolute atomic E-state index is 14.0. The molecule has 190 valence electrons. The van der Waals surface area contributed by atoms with Crippen molar-refractivity contribution in [2.45, 2.75) is 82.7 Å². The van der Waals surface area contributed by atoms with Crippen LogP contribution in [0.25, 0.3) is 0 Å². The Bertz CT molecular complexity index is 1190. The molecule has 6 rings (SSSR count). The Morgan fingerprint density at radius 1 is 1.06 bits per heavy atom. The van der Waals surface area contributed by atoms with Crippen molar-refractivity contribution < 1.29 is 18.0 Å². The largest absolute Gasteiger partial charge is 0.319 e. The lowest BCUT2D eigenvalue weighted by Gasteiger charge is -2.46. The van der Waals surface area contributed by atoms with E-state index in [-0.39, 0.29) is 40.9 Å². The Kier molecular flexibility index (Phi) is 5.14. The van der Waals surface area contributed by atoms with Crippen LogP contribution in [0.5, 0.6) is 0 Å². The van der Waals surface area contributed by atoms with Gasteiger partial charge in [0.25, 0.3) is 0 Å². The molecule has 1 aromatic rings. The number of fused-ring (bicyclic) bond motifs is 4. The number of hydrogen-bond donors (Lipinski definition) is 1. The summed E-state index contributed by atoms with van der Waals surface area (Å²) in [4.78, 5) is 27.0.